The lowest BCUT2D eigenvalue weighted by atomic mass is 10.00. The molecule has 0 spiro atoms. The molecule has 0 aliphatic rings. The Balaban J connectivity index is 1.50. The summed E-state index contributed by atoms with van der Waals surface area (Å²) in [4.78, 5) is 16.4. The number of benzene rings is 4. The van der Waals surface area contributed by atoms with Crippen LogP contribution in [0.1, 0.15) is 5.56 Å². The lowest BCUT2D eigenvalue weighted by molar-refractivity contribution is -0.115. The van der Waals surface area contributed by atoms with Gasteiger partial charge in [-0.05, 0) is 29.8 Å². The van der Waals surface area contributed by atoms with Gasteiger partial charge in [0, 0.05) is 33.1 Å². The van der Waals surface area contributed by atoms with Crippen molar-refractivity contribution >= 4 is 33.4 Å². The van der Waals surface area contributed by atoms with E-state index in [0.29, 0.717) is 0 Å². The lowest BCUT2D eigenvalue weighted by Gasteiger charge is -2.12. The summed E-state index contributed by atoms with van der Waals surface area (Å²) in [5.74, 6) is 0.681. The Morgan fingerprint density at radius 3 is 2.48 bits per heavy atom. The van der Waals surface area contributed by atoms with E-state index < -0.39 is 0 Å². The van der Waals surface area contributed by atoms with E-state index in [0.717, 1.165) is 39.2 Å². The number of methoxy groups -OCH3 is 1. The highest BCUT2D eigenvalue weighted by Crippen LogP contribution is 2.36. The van der Waals surface area contributed by atoms with E-state index in [-0.39, 0.29) is 12.3 Å². The number of nitrogens with one attached hydrogen (secondary N) is 2. The largest absolute Gasteiger partial charge is 0.497 e. The van der Waals surface area contributed by atoms with Gasteiger partial charge < -0.3 is 15.0 Å². The van der Waals surface area contributed by atoms with Gasteiger partial charge in [-0.3, -0.25) is 4.79 Å². The van der Waals surface area contributed by atoms with Crippen molar-refractivity contribution in [3.63, 3.8) is 0 Å². The molecule has 1 amide bonds. The highest BCUT2D eigenvalue weighted by molar-refractivity contribution is 6.13. The second-order valence-electron chi connectivity index (χ2n) is 7.52. The van der Waals surface area contributed by atoms with Crippen LogP contribution in [0.3, 0.4) is 0 Å². The average Bonchev–Trinajstić information content (AvgIpc) is 3.18. The minimum absolute atomic E-state index is 0.0653. The van der Waals surface area contributed by atoms with Crippen molar-refractivity contribution in [2.45, 2.75) is 6.42 Å². The van der Waals surface area contributed by atoms with Crippen LogP contribution in [0.5, 0.6) is 5.75 Å². The van der Waals surface area contributed by atoms with Crippen molar-refractivity contribution in [2.24, 2.45) is 0 Å². The molecule has 0 saturated heterocycles. The summed E-state index contributed by atoms with van der Waals surface area (Å²) in [7, 11) is 1.63. The number of amides is 1. The Hall–Kier alpha value is -4.05. The van der Waals surface area contributed by atoms with Gasteiger partial charge in [-0.1, -0.05) is 66.7 Å². The molecule has 0 bridgehead atoms. The number of H-pyrrole nitrogens is 1. The number of rotatable bonds is 5. The zero-order chi connectivity index (χ0) is 21.2. The Morgan fingerprint density at radius 2 is 1.58 bits per heavy atom. The van der Waals surface area contributed by atoms with Gasteiger partial charge in [0.2, 0.25) is 5.91 Å². The minimum Gasteiger partial charge on any atom is -0.497 e. The van der Waals surface area contributed by atoms with Crippen LogP contribution in [0.2, 0.25) is 0 Å². The third-order valence-electron chi connectivity index (χ3n) is 5.53. The predicted octanol–water partition coefficient (Wildman–Crippen LogP) is 6.18. The number of para-hydroxylation sites is 3. The van der Waals surface area contributed by atoms with E-state index in [4.69, 9.17) is 4.74 Å². The number of hydrogen-bond acceptors (Lipinski definition) is 2. The summed E-state index contributed by atoms with van der Waals surface area (Å²) in [6.45, 7) is 0. The number of fused-ring (bicyclic) bond motifs is 3. The highest BCUT2D eigenvalue weighted by atomic mass is 16.5. The quantitative estimate of drug-likeness (QED) is 0.366. The van der Waals surface area contributed by atoms with Crippen molar-refractivity contribution in [1.82, 2.24) is 4.98 Å². The van der Waals surface area contributed by atoms with Crippen LogP contribution in [0.15, 0.2) is 91.0 Å². The van der Waals surface area contributed by atoms with Crippen molar-refractivity contribution in [3.05, 3.63) is 96.6 Å². The van der Waals surface area contributed by atoms with Gasteiger partial charge >= 0.3 is 0 Å². The molecule has 0 aliphatic carbocycles. The number of carbonyl (C=O) groups is 1. The van der Waals surface area contributed by atoms with E-state index in [9.17, 15) is 4.79 Å². The fourth-order valence-electron chi connectivity index (χ4n) is 4.09. The molecule has 5 aromatic rings. The summed E-state index contributed by atoms with van der Waals surface area (Å²) >= 11 is 0. The van der Waals surface area contributed by atoms with Gasteiger partial charge in [-0.25, -0.2) is 0 Å². The van der Waals surface area contributed by atoms with Crippen molar-refractivity contribution in [2.75, 3.05) is 12.4 Å². The minimum atomic E-state index is -0.0653. The van der Waals surface area contributed by atoms with Gasteiger partial charge in [-0.15, -0.1) is 0 Å². The van der Waals surface area contributed by atoms with Crippen LogP contribution >= 0.6 is 0 Å². The molecule has 0 fully saturated rings. The van der Waals surface area contributed by atoms with Gasteiger partial charge in [-0.2, -0.15) is 0 Å². The smallest absolute Gasteiger partial charge is 0.228 e. The maximum absolute atomic E-state index is 12.8. The molecule has 0 unspecified atom stereocenters. The molecule has 152 valence electrons. The molecule has 4 heteroatoms. The Bertz CT molecular complexity index is 1400. The first-order valence-corrected chi connectivity index (χ1v) is 10.2. The Kier molecular flexibility index (Phi) is 4.89. The molecule has 0 atom stereocenters. The Labute approximate surface area is 180 Å². The van der Waals surface area contributed by atoms with E-state index >= 15 is 0 Å². The third-order valence-corrected chi connectivity index (χ3v) is 5.53. The Morgan fingerprint density at radius 1 is 0.839 bits per heavy atom. The van der Waals surface area contributed by atoms with Gasteiger partial charge in [0.05, 0.1) is 19.0 Å². The van der Waals surface area contributed by atoms with Crippen LogP contribution in [-0.2, 0) is 11.2 Å². The molecule has 1 aromatic heterocycles. The highest BCUT2D eigenvalue weighted by Gasteiger charge is 2.14. The number of hydrogen-bond donors (Lipinski definition) is 2. The van der Waals surface area contributed by atoms with Gasteiger partial charge in [0.25, 0.3) is 0 Å². The van der Waals surface area contributed by atoms with Crippen molar-refractivity contribution < 1.29 is 9.53 Å². The third kappa shape index (κ3) is 3.64. The molecule has 4 nitrogen and oxygen atoms in total. The van der Waals surface area contributed by atoms with Gasteiger partial charge in [0.15, 0.2) is 0 Å². The SMILES string of the molecule is COc1cccc(CC(=O)Nc2ccccc2-c2cccc3c2[nH]c2ccccc23)c1. The van der Waals surface area contributed by atoms with Gasteiger partial charge in [0.1, 0.15) is 5.75 Å². The van der Waals surface area contributed by atoms with Crippen LogP contribution in [-0.4, -0.2) is 18.0 Å². The lowest BCUT2D eigenvalue weighted by Crippen LogP contribution is -2.15. The van der Waals surface area contributed by atoms with Crippen molar-refractivity contribution in [1.29, 1.82) is 0 Å². The number of carbonyl (C=O) groups excluding carboxylic acids is 1. The normalized spacial score (nSPS) is 11.0. The second kappa shape index (κ2) is 8.00. The number of aromatic amines is 1. The summed E-state index contributed by atoms with van der Waals surface area (Å²) in [5.41, 5.74) is 5.92. The fraction of sp³-hybridized carbons (Fsp3) is 0.0741. The fourth-order valence-corrected chi connectivity index (χ4v) is 4.09. The number of anilines is 1. The summed E-state index contributed by atoms with van der Waals surface area (Å²) in [5, 5.41) is 5.47. The van der Waals surface area contributed by atoms with Crippen LogP contribution in [0.4, 0.5) is 5.69 Å². The molecule has 31 heavy (non-hydrogen) atoms. The monoisotopic (exact) mass is 406 g/mol. The van der Waals surface area contributed by atoms with E-state index in [1.165, 1.54) is 10.8 Å². The molecular weight excluding hydrogens is 384 g/mol. The molecule has 0 aliphatic heterocycles. The molecule has 4 aromatic carbocycles. The number of aromatic nitrogens is 1. The molecule has 5 rings (SSSR count). The first-order valence-electron chi connectivity index (χ1n) is 10.2. The van der Waals surface area contributed by atoms with E-state index in [1.807, 2.05) is 54.6 Å². The standard InChI is InChI=1S/C27H22N2O2/c1-31-19-9-6-8-18(16-19)17-26(30)28-24-14-4-2-10-20(24)22-12-7-13-23-21-11-3-5-15-25(21)29-27(22)23/h2-16,29H,17H2,1H3,(H,28,30). The molecule has 0 saturated carbocycles. The van der Waals surface area contributed by atoms with E-state index in [1.54, 1.807) is 7.11 Å². The van der Waals surface area contributed by atoms with Crippen LogP contribution in [0.25, 0.3) is 32.9 Å². The molecular formula is C27H22N2O2. The van der Waals surface area contributed by atoms with E-state index in [2.05, 4.69) is 46.7 Å². The molecule has 2 N–H and O–H groups in total. The predicted molar refractivity (Wildman–Crippen MR) is 127 cm³/mol. The zero-order valence-electron chi connectivity index (χ0n) is 17.2. The second-order valence-corrected chi connectivity index (χ2v) is 7.52. The van der Waals surface area contributed by atoms with Crippen LogP contribution in [0, 0.1) is 0 Å². The summed E-state index contributed by atoms with van der Waals surface area (Å²) in [6.07, 6.45) is 0.280. The first-order chi connectivity index (χ1) is 15.2. The maximum Gasteiger partial charge on any atom is 0.228 e. The molecule has 0 radical (unpaired) electrons. The maximum atomic E-state index is 12.8. The molecule has 1 heterocycles. The van der Waals surface area contributed by atoms with Crippen LogP contribution < -0.4 is 10.1 Å². The topological polar surface area (TPSA) is 54.1 Å². The summed E-state index contributed by atoms with van der Waals surface area (Å²) < 4.78 is 5.26. The summed E-state index contributed by atoms with van der Waals surface area (Å²) in [6, 6.07) is 30.1. The van der Waals surface area contributed by atoms with Crippen molar-refractivity contribution in [3.8, 4) is 16.9 Å². The number of ether oxygens (including phenoxy) is 1. The average molecular weight is 406 g/mol. The first kappa shape index (κ1) is 18.9. The zero-order valence-corrected chi connectivity index (χ0v) is 17.2.